The number of hydrogen-bond acceptors (Lipinski definition) is 12. The minimum atomic E-state index is -4.04. The minimum absolute atomic E-state index is 0.0137. The van der Waals surface area contributed by atoms with Crippen LogP contribution in [-0.4, -0.2) is 98.7 Å². The van der Waals surface area contributed by atoms with Crippen molar-refractivity contribution in [2.45, 2.75) is 57.5 Å². The summed E-state index contributed by atoms with van der Waals surface area (Å²) < 4.78 is 79.9. The monoisotopic (exact) mass is 486 g/mol. The molecule has 31 heavy (non-hydrogen) atoms. The van der Waals surface area contributed by atoms with Crippen LogP contribution in [0.1, 0.15) is 20.8 Å². The van der Waals surface area contributed by atoms with Crippen molar-refractivity contribution < 1.29 is 44.1 Å². The normalized spacial score (nSPS) is 31.0. The lowest BCUT2D eigenvalue weighted by molar-refractivity contribution is -0.255. The fourth-order valence-corrected chi connectivity index (χ4v) is 4.52. The Morgan fingerprint density at radius 1 is 0.968 bits per heavy atom. The van der Waals surface area contributed by atoms with Crippen LogP contribution in [0.3, 0.4) is 0 Å². The van der Waals surface area contributed by atoms with Crippen LogP contribution in [0.15, 0.2) is 9.98 Å². The SMILES string of the molecule is COC1=N[C@H](C(C)C)C(OC)=N[C@H]1[C@H](OS(C)(=O)=O)[C@@H]1O[C@H](C)OC[C@H]1OS(C)(=O)=O. The zero-order valence-corrected chi connectivity index (χ0v) is 20.2. The van der Waals surface area contributed by atoms with Crippen LogP contribution in [0.5, 0.6) is 0 Å². The van der Waals surface area contributed by atoms with Gasteiger partial charge in [0.2, 0.25) is 11.8 Å². The van der Waals surface area contributed by atoms with Gasteiger partial charge in [-0.2, -0.15) is 16.8 Å². The van der Waals surface area contributed by atoms with Gasteiger partial charge in [0, 0.05) is 0 Å². The summed E-state index contributed by atoms with van der Waals surface area (Å²) >= 11 is 0. The smallest absolute Gasteiger partial charge is 0.264 e. The van der Waals surface area contributed by atoms with Gasteiger partial charge < -0.3 is 18.9 Å². The Bertz CT molecular complexity index is 900. The number of rotatable bonds is 7. The highest BCUT2D eigenvalue weighted by atomic mass is 32.2. The van der Waals surface area contributed by atoms with Crippen LogP contribution in [0.25, 0.3) is 0 Å². The molecule has 0 spiro atoms. The number of hydrogen-bond donors (Lipinski definition) is 0. The second-order valence-corrected chi connectivity index (χ2v) is 10.8. The van der Waals surface area contributed by atoms with E-state index in [0.29, 0.717) is 0 Å². The van der Waals surface area contributed by atoms with Crippen LogP contribution in [0.4, 0.5) is 0 Å². The van der Waals surface area contributed by atoms with Crippen molar-refractivity contribution >= 4 is 32.0 Å². The molecule has 6 atom stereocenters. The van der Waals surface area contributed by atoms with Crippen LogP contribution < -0.4 is 0 Å². The Labute approximate surface area is 183 Å². The van der Waals surface area contributed by atoms with Crippen molar-refractivity contribution in [1.82, 2.24) is 0 Å². The summed E-state index contributed by atoms with van der Waals surface area (Å²) in [5, 5.41) is 0. The third-order valence-electron chi connectivity index (χ3n) is 4.52. The molecule has 12 nitrogen and oxygen atoms in total. The third kappa shape index (κ3) is 7.08. The third-order valence-corrected chi connectivity index (χ3v) is 5.69. The first-order chi connectivity index (χ1) is 14.3. The van der Waals surface area contributed by atoms with Gasteiger partial charge in [-0.05, 0) is 12.8 Å². The molecule has 0 radical (unpaired) electrons. The minimum Gasteiger partial charge on any atom is -0.483 e. The average molecular weight is 487 g/mol. The maximum atomic E-state index is 12.1. The van der Waals surface area contributed by atoms with Gasteiger partial charge in [-0.1, -0.05) is 13.8 Å². The summed E-state index contributed by atoms with van der Waals surface area (Å²) in [4.78, 5) is 9.01. The first-order valence-corrected chi connectivity index (χ1v) is 13.2. The van der Waals surface area contributed by atoms with Crippen molar-refractivity contribution in [3.05, 3.63) is 0 Å². The molecule has 0 aromatic heterocycles. The van der Waals surface area contributed by atoms with E-state index in [1.807, 2.05) is 13.8 Å². The van der Waals surface area contributed by atoms with E-state index in [-0.39, 0.29) is 24.3 Å². The Morgan fingerprint density at radius 2 is 1.52 bits per heavy atom. The zero-order chi connectivity index (χ0) is 23.6. The fraction of sp³-hybridized carbons (Fsp3) is 0.882. The van der Waals surface area contributed by atoms with Gasteiger partial charge >= 0.3 is 0 Å². The molecule has 1 fully saturated rings. The molecule has 0 amide bonds. The summed E-state index contributed by atoms with van der Waals surface area (Å²) in [6.07, 6.45) is -2.82. The summed E-state index contributed by atoms with van der Waals surface area (Å²) in [6.45, 7) is 5.23. The van der Waals surface area contributed by atoms with E-state index in [2.05, 4.69) is 9.98 Å². The molecule has 0 bridgehead atoms. The lowest BCUT2D eigenvalue weighted by atomic mass is 9.97. The van der Waals surface area contributed by atoms with Crippen molar-refractivity contribution in [3.8, 4) is 0 Å². The second-order valence-electron chi connectivity index (χ2n) is 7.58. The summed E-state index contributed by atoms with van der Waals surface area (Å²) in [6, 6.07) is -1.56. The van der Waals surface area contributed by atoms with Crippen LogP contribution >= 0.6 is 0 Å². The maximum Gasteiger partial charge on any atom is 0.264 e. The van der Waals surface area contributed by atoms with Crippen molar-refractivity contribution in [2.75, 3.05) is 33.3 Å². The Kier molecular flexibility index (Phi) is 8.44. The van der Waals surface area contributed by atoms with E-state index >= 15 is 0 Å². The molecule has 2 aliphatic rings. The summed E-state index contributed by atoms with van der Waals surface area (Å²) in [7, 11) is -5.17. The molecule has 180 valence electrons. The first-order valence-electron chi connectivity index (χ1n) is 9.52. The lowest BCUT2D eigenvalue weighted by Gasteiger charge is -2.40. The standard InChI is InChI=1S/C17H30N2O10S2/c1-9(2)12-16(24-4)19-13(17(18-12)25-5)15(29-31(7,22)23)14-11(28-30(6,20)21)8-26-10(3)27-14/h9-15H,8H2,1-7H3/t10-,11-,12-,13+,14-,15+/m1/s1. The molecule has 0 saturated carbocycles. The van der Waals surface area contributed by atoms with Crippen LogP contribution in [-0.2, 0) is 47.5 Å². The summed E-state index contributed by atoms with van der Waals surface area (Å²) in [5.74, 6) is 0.359. The van der Waals surface area contributed by atoms with E-state index < -0.39 is 56.9 Å². The Morgan fingerprint density at radius 3 is 2.00 bits per heavy atom. The molecule has 0 unspecified atom stereocenters. The molecular weight excluding hydrogens is 456 g/mol. The Hall–Kier alpha value is -1.32. The maximum absolute atomic E-state index is 12.1. The first kappa shape index (κ1) is 25.9. The Balaban J connectivity index is 2.55. The number of aliphatic imine (C=N–C) groups is 2. The lowest BCUT2D eigenvalue weighted by Crippen LogP contribution is -2.58. The van der Waals surface area contributed by atoms with Crippen molar-refractivity contribution in [1.29, 1.82) is 0 Å². The molecule has 0 N–H and O–H groups in total. The molecule has 2 rings (SSSR count). The van der Waals surface area contributed by atoms with Gasteiger partial charge in [-0.15, -0.1) is 0 Å². The van der Waals surface area contributed by atoms with E-state index in [0.717, 1.165) is 12.5 Å². The molecular formula is C17H30N2O10S2. The highest BCUT2D eigenvalue weighted by Crippen LogP contribution is 2.29. The van der Waals surface area contributed by atoms with Gasteiger partial charge in [0.1, 0.15) is 24.4 Å². The number of nitrogens with zero attached hydrogens (tertiary/aromatic N) is 2. The molecule has 2 aliphatic heterocycles. The topological polar surface area (TPSA) is 148 Å². The van der Waals surface area contributed by atoms with Crippen LogP contribution in [0, 0.1) is 5.92 Å². The van der Waals surface area contributed by atoms with E-state index in [1.54, 1.807) is 6.92 Å². The van der Waals surface area contributed by atoms with Gasteiger partial charge in [0.15, 0.2) is 12.3 Å². The molecule has 0 aromatic carbocycles. The van der Waals surface area contributed by atoms with Gasteiger partial charge in [0.25, 0.3) is 20.2 Å². The summed E-state index contributed by atoms with van der Waals surface area (Å²) in [5.41, 5.74) is 0. The molecule has 0 aliphatic carbocycles. The number of ether oxygens (including phenoxy) is 4. The average Bonchev–Trinajstić information content (AvgIpc) is 2.64. The quantitative estimate of drug-likeness (QED) is 0.448. The molecule has 0 aromatic rings. The fourth-order valence-electron chi connectivity index (χ4n) is 3.29. The van der Waals surface area contributed by atoms with Gasteiger partial charge in [0.05, 0.1) is 33.3 Å². The number of methoxy groups -OCH3 is 2. The van der Waals surface area contributed by atoms with E-state index in [1.165, 1.54) is 14.2 Å². The largest absolute Gasteiger partial charge is 0.483 e. The predicted molar refractivity (Wildman–Crippen MR) is 111 cm³/mol. The van der Waals surface area contributed by atoms with Crippen molar-refractivity contribution in [3.63, 3.8) is 0 Å². The van der Waals surface area contributed by atoms with E-state index in [4.69, 9.17) is 27.3 Å². The molecule has 2 heterocycles. The second kappa shape index (κ2) is 10.1. The molecule has 1 saturated heterocycles. The van der Waals surface area contributed by atoms with Gasteiger partial charge in [-0.25, -0.2) is 9.98 Å². The van der Waals surface area contributed by atoms with Gasteiger partial charge in [-0.3, -0.25) is 8.37 Å². The highest BCUT2D eigenvalue weighted by Gasteiger charge is 2.48. The molecule has 14 heteroatoms. The zero-order valence-electron chi connectivity index (χ0n) is 18.5. The van der Waals surface area contributed by atoms with Crippen LogP contribution in [0.2, 0.25) is 0 Å². The van der Waals surface area contributed by atoms with Crippen molar-refractivity contribution in [2.24, 2.45) is 15.9 Å². The van der Waals surface area contributed by atoms with E-state index in [9.17, 15) is 16.8 Å². The predicted octanol–water partition coefficient (Wildman–Crippen LogP) is -0.0660. The highest BCUT2D eigenvalue weighted by molar-refractivity contribution is 7.86.